The van der Waals surface area contributed by atoms with Gasteiger partial charge >= 0.3 is 0 Å². The minimum atomic E-state index is -0.554. The highest BCUT2D eigenvalue weighted by Crippen LogP contribution is 2.32. The van der Waals surface area contributed by atoms with E-state index in [1.807, 2.05) is 42.5 Å². The van der Waals surface area contributed by atoms with E-state index in [0.717, 1.165) is 29.6 Å². The zero-order valence-electron chi connectivity index (χ0n) is 15.4. The van der Waals surface area contributed by atoms with Gasteiger partial charge in [0.05, 0.1) is 5.52 Å². The lowest BCUT2D eigenvalue weighted by Crippen LogP contribution is -2.05. The molecule has 0 saturated heterocycles. The monoisotopic (exact) mass is 373 g/mol. The number of hydrogen-bond donors (Lipinski definition) is 2. The van der Waals surface area contributed by atoms with Crippen molar-refractivity contribution >= 4 is 22.5 Å². The average Bonchev–Trinajstić information content (AvgIpc) is 3.16. The number of aromatic nitrogens is 4. The molecule has 1 aliphatic carbocycles. The third kappa shape index (κ3) is 2.91. The van der Waals surface area contributed by atoms with Gasteiger partial charge in [0.15, 0.2) is 11.6 Å². The zero-order chi connectivity index (χ0) is 18.9. The molecule has 2 heterocycles. The van der Waals surface area contributed by atoms with Crippen molar-refractivity contribution in [2.24, 2.45) is 0 Å². The van der Waals surface area contributed by atoms with Gasteiger partial charge in [-0.25, -0.2) is 14.4 Å². The molecule has 0 aliphatic heterocycles. The van der Waals surface area contributed by atoms with Crippen LogP contribution in [0.2, 0.25) is 0 Å². The highest BCUT2D eigenvalue weighted by atomic mass is 19.1. The van der Waals surface area contributed by atoms with Gasteiger partial charge in [0.25, 0.3) is 0 Å². The van der Waals surface area contributed by atoms with Gasteiger partial charge in [0.1, 0.15) is 12.5 Å². The maximum atomic E-state index is 13.5. The fraction of sp³-hybridized carbons (Fsp3) is 0.227. The Morgan fingerprint density at radius 1 is 0.929 bits per heavy atom. The van der Waals surface area contributed by atoms with Gasteiger partial charge in [-0.3, -0.25) is 5.10 Å². The van der Waals surface area contributed by atoms with E-state index < -0.39 is 6.67 Å². The van der Waals surface area contributed by atoms with Gasteiger partial charge in [0, 0.05) is 22.2 Å². The Labute approximate surface area is 162 Å². The molecule has 5 nitrogen and oxygen atoms in total. The summed E-state index contributed by atoms with van der Waals surface area (Å²) in [6, 6.07) is 15.2. The quantitative estimate of drug-likeness (QED) is 0.521. The molecule has 0 amide bonds. The van der Waals surface area contributed by atoms with Crippen LogP contribution in [-0.4, -0.2) is 20.2 Å². The van der Waals surface area contributed by atoms with Gasteiger partial charge in [-0.2, -0.15) is 5.10 Å². The van der Waals surface area contributed by atoms with E-state index in [9.17, 15) is 4.39 Å². The summed E-state index contributed by atoms with van der Waals surface area (Å²) in [4.78, 5) is 9.45. The molecule has 0 fully saturated rings. The summed E-state index contributed by atoms with van der Waals surface area (Å²) in [6.07, 6.45) is 4.40. The van der Waals surface area contributed by atoms with Gasteiger partial charge in [-0.15, -0.1) is 0 Å². The molecule has 6 heteroatoms. The number of rotatable bonds is 4. The molecule has 0 spiro atoms. The average molecular weight is 373 g/mol. The van der Waals surface area contributed by atoms with E-state index >= 15 is 0 Å². The first kappa shape index (κ1) is 16.9. The number of hydrogen-bond acceptors (Lipinski definition) is 4. The van der Waals surface area contributed by atoms with Crippen molar-refractivity contribution < 1.29 is 4.39 Å². The van der Waals surface area contributed by atoms with Gasteiger partial charge in [-0.05, 0) is 43.4 Å². The minimum Gasteiger partial charge on any atom is -0.323 e. The lowest BCUT2D eigenvalue weighted by molar-refractivity contribution is 0.486. The topological polar surface area (TPSA) is 66.5 Å². The molecule has 0 atom stereocenters. The molecular formula is C22H20FN5. The maximum Gasteiger partial charge on any atom is 0.162 e. The SMILES string of the molecule is FCc1ccccc1-c1nc(Nc2n[nH]c3c2CCCC3)c2ccccc2n1. The van der Waals surface area contributed by atoms with Crippen LogP contribution in [0.15, 0.2) is 48.5 Å². The van der Waals surface area contributed by atoms with E-state index in [2.05, 4.69) is 20.5 Å². The van der Waals surface area contributed by atoms with Crippen LogP contribution in [0.1, 0.15) is 29.7 Å². The lowest BCUT2D eigenvalue weighted by atomic mass is 9.97. The van der Waals surface area contributed by atoms with Gasteiger partial charge in [-0.1, -0.05) is 36.4 Å². The summed E-state index contributed by atoms with van der Waals surface area (Å²) in [5, 5.41) is 12.0. The highest BCUT2D eigenvalue weighted by molar-refractivity contribution is 5.92. The van der Waals surface area contributed by atoms with Crippen molar-refractivity contribution in [2.45, 2.75) is 32.4 Å². The van der Waals surface area contributed by atoms with Gasteiger partial charge < -0.3 is 5.32 Å². The Balaban J connectivity index is 1.65. The summed E-state index contributed by atoms with van der Waals surface area (Å²) in [7, 11) is 0. The number of aryl methyl sites for hydroxylation is 1. The van der Waals surface area contributed by atoms with Gasteiger partial charge in [0.2, 0.25) is 0 Å². The Hall–Kier alpha value is -3.28. The molecule has 2 N–H and O–H groups in total. The molecule has 0 saturated carbocycles. The molecule has 0 radical (unpaired) electrons. The normalized spacial score (nSPS) is 13.5. The molecule has 2 aromatic carbocycles. The maximum absolute atomic E-state index is 13.5. The molecule has 0 bridgehead atoms. The molecular weight excluding hydrogens is 353 g/mol. The van der Waals surface area contributed by atoms with Crippen LogP contribution in [0.3, 0.4) is 0 Å². The molecule has 140 valence electrons. The van der Waals surface area contributed by atoms with Crippen LogP contribution in [-0.2, 0) is 19.5 Å². The van der Waals surface area contributed by atoms with Crippen molar-refractivity contribution in [2.75, 3.05) is 5.32 Å². The predicted molar refractivity (Wildman–Crippen MR) is 108 cm³/mol. The lowest BCUT2D eigenvalue weighted by Gasteiger charge is -2.14. The first-order valence-electron chi connectivity index (χ1n) is 9.57. The van der Waals surface area contributed by atoms with Crippen LogP contribution in [0, 0.1) is 0 Å². The zero-order valence-corrected chi connectivity index (χ0v) is 15.4. The molecule has 0 unspecified atom stereocenters. The van der Waals surface area contributed by atoms with Crippen molar-refractivity contribution in [1.82, 2.24) is 20.2 Å². The largest absolute Gasteiger partial charge is 0.323 e. The summed E-state index contributed by atoms with van der Waals surface area (Å²) < 4.78 is 13.5. The second-order valence-corrected chi connectivity index (χ2v) is 7.07. The number of H-pyrrole nitrogens is 1. The fourth-order valence-corrected chi connectivity index (χ4v) is 3.84. The number of anilines is 2. The summed E-state index contributed by atoms with van der Waals surface area (Å²) >= 11 is 0. The Morgan fingerprint density at radius 2 is 1.75 bits per heavy atom. The number of nitrogens with one attached hydrogen (secondary N) is 2. The highest BCUT2D eigenvalue weighted by Gasteiger charge is 2.19. The van der Waals surface area contributed by atoms with Crippen LogP contribution in [0.4, 0.5) is 16.0 Å². The molecule has 5 rings (SSSR count). The number of benzene rings is 2. The summed E-state index contributed by atoms with van der Waals surface area (Å²) in [5.41, 5.74) is 4.55. The Bertz CT molecular complexity index is 1150. The molecule has 2 aromatic heterocycles. The van der Waals surface area contributed by atoms with Crippen molar-refractivity contribution in [3.8, 4) is 11.4 Å². The standard InChI is InChI=1S/C22H20FN5/c23-13-14-7-1-2-8-15(14)20-24-18-11-5-3-9-16(18)21(25-20)26-22-17-10-4-6-12-19(17)27-28-22/h1-3,5,7-9,11H,4,6,10,12-13H2,(H2,24,25,26,27,28). The smallest absolute Gasteiger partial charge is 0.162 e. The van der Waals surface area contributed by atoms with Crippen molar-refractivity contribution in [3.63, 3.8) is 0 Å². The van der Waals surface area contributed by atoms with E-state index in [1.165, 1.54) is 24.1 Å². The first-order valence-corrected chi connectivity index (χ1v) is 9.57. The second-order valence-electron chi connectivity index (χ2n) is 7.07. The fourth-order valence-electron chi connectivity index (χ4n) is 3.84. The van der Waals surface area contributed by atoms with Crippen LogP contribution in [0.5, 0.6) is 0 Å². The Kier molecular flexibility index (Phi) is 4.24. The molecule has 1 aliphatic rings. The van der Waals surface area contributed by atoms with Crippen molar-refractivity contribution in [3.05, 3.63) is 65.4 Å². The van der Waals surface area contributed by atoms with Crippen LogP contribution in [0.25, 0.3) is 22.3 Å². The van der Waals surface area contributed by atoms with E-state index in [4.69, 9.17) is 4.98 Å². The van der Waals surface area contributed by atoms with E-state index in [-0.39, 0.29) is 0 Å². The number of halogens is 1. The van der Waals surface area contributed by atoms with Crippen LogP contribution >= 0.6 is 0 Å². The number of alkyl halides is 1. The number of fused-ring (bicyclic) bond motifs is 2. The summed E-state index contributed by atoms with van der Waals surface area (Å²) in [6.45, 7) is -0.554. The Morgan fingerprint density at radius 3 is 2.68 bits per heavy atom. The second kappa shape index (κ2) is 7.03. The first-order chi connectivity index (χ1) is 13.8. The van der Waals surface area contributed by atoms with Crippen LogP contribution < -0.4 is 5.32 Å². The predicted octanol–water partition coefficient (Wildman–Crippen LogP) is 5.11. The van der Waals surface area contributed by atoms with E-state index in [1.54, 1.807) is 6.07 Å². The molecule has 4 aromatic rings. The third-order valence-corrected chi connectivity index (χ3v) is 5.30. The summed E-state index contributed by atoms with van der Waals surface area (Å²) in [5.74, 6) is 2.02. The minimum absolute atomic E-state index is 0.513. The third-order valence-electron chi connectivity index (χ3n) is 5.30. The molecule has 28 heavy (non-hydrogen) atoms. The van der Waals surface area contributed by atoms with E-state index in [0.29, 0.717) is 22.8 Å². The number of nitrogens with zero attached hydrogens (tertiary/aromatic N) is 3. The number of para-hydroxylation sites is 1. The number of aromatic amines is 1. The van der Waals surface area contributed by atoms with Crippen molar-refractivity contribution in [1.29, 1.82) is 0 Å².